The van der Waals surface area contributed by atoms with Gasteiger partial charge in [-0.2, -0.15) is 0 Å². The van der Waals surface area contributed by atoms with Crippen LogP contribution in [0.3, 0.4) is 0 Å². The van der Waals surface area contributed by atoms with Crippen LogP contribution in [-0.4, -0.2) is 32.6 Å². The van der Waals surface area contributed by atoms with E-state index in [0.717, 1.165) is 23.1 Å². The fourth-order valence-electron chi connectivity index (χ4n) is 4.08. The normalized spacial score (nSPS) is 21.6. The summed E-state index contributed by atoms with van der Waals surface area (Å²) in [6.07, 6.45) is 0. The second-order valence-corrected chi connectivity index (χ2v) is 9.65. The highest BCUT2D eigenvalue weighted by atomic mass is 32.2. The Labute approximate surface area is 190 Å². The van der Waals surface area contributed by atoms with E-state index in [1.807, 2.05) is 6.07 Å². The molecule has 1 fully saturated rings. The lowest BCUT2D eigenvalue weighted by molar-refractivity contribution is -0.126. The van der Waals surface area contributed by atoms with Crippen molar-refractivity contribution in [2.45, 2.75) is 22.7 Å². The van der Waals surface area contributed by atoms with Crippen LogP contribution in [0.25, 0.3) is 0 Å². The molecule has 0 radical (unpaired) electrons. The molecule has 3 atom stereocenters. The van der Waals surface area contributed by atoms with Gasteiger partial charge >= 0.3 is 4.87 Å². The molecule has 10 heteroatoms. The minimum Gasteiger partial charge on any atom is -0.508 e. The first-order valence-corrected chi connectivity index (χ1v) is 11.5. The number of anilines is 1. The highest BCUT2D eigenvalue weighted by Gasteiger charge is 2.52. The van der Waals surface area contributed by atoms with Crippen LogP contribution in [0.1, 0.15) is 16.4 Å². The molecule has 3 amide bonds. The summed E-state index contributed by atoms with van der Waals surface area (Å²) < 4.78 is 1.36. The van der Waals surface area contributed by atoms with Crippen LogP contribution >= 0.6 is 23.1 Å². The number of amides is 3. The van der Waals surface area contributed by atoms with Crippen LogP contribution in [0, 0.1) is 5.92 Å². The molecule has 2 aromatic carbocycles. The molecular formula is C22H17N3O5S2. The zero-order valence-corrected chi connectivity index (χ0v) is 18.1. The third kappa shape index (κ3) is 3.51. The molecule has 0 aliphatic carbocycles. The molecule has 1 saturated heterocycles. The van der Waals surface area contributed by atoms with Gasteiger partial charge in [0.1, 0.15) is 17.5 Å². The van der Waals surface area contributed by atoms with Crippen molar-refractivity contribution in [1.29, 1.82) is 0 Å². The van der Waals surface area contributed by atoms with E-state index in [-0.39, 0.29) is 29.0 Å². The Morgan fingerprint density at radius 2 is 1.75 bits per heavy atom. The fourth-order valence-corrected chi connectivity index (χ4v) is 6.82. The number of carbonyl (C=O) groups excluding carboxylic acids is 3. The molecule has 1 aromatic heterocycles. The van der Waals surface area contributed by atoms with Gasteiger partial charge < -0.3 is 10.4 Å². The number of rotatable bonds is 4. The number of aromatic nitrogens is 1. The number of imide groups is 1. The van der Waals surface area contributed by atoms with Crippen molar-refractivity contribution in [1.82, 2.24) is 9.88 Å². The summed E-state index contributed by atoms with van der Waals surface area (Å²) in [5, 5.41) is 14.6. The van der Waals surface area contributed by atoms with Crippen LogP contribution in [0.4, 0.5) is 5.69 Å². The molecular weight excluding hydrogens is 450 g/mol. The summed E-state index contributed by atoms with van der Waals surface area (Å²) in [6, 6.07) is 15.3. The number of fused-ring (bicyclic) bond motifs is 2. The van der Waals surface area contributed by atoms with Gasteiger partial charge in [-0.25, -0.2) is 0 Å². The highest BCUT2D eigenvalue weighted by Crippen LogP contribution is 2.51. The van der Waals surface area contributed by atoms with Crippen molar-refractivity contribution in [3.8, 4) is 5.75 Å². The fraction of sp³-hybridized carbons (Fsp3) is 0.182. The molecule has 3 N–H and O–H groups in total. The number of carbonyl (C=O) groups is 3. The Morgan fingerprint density at radius 1 is 1.03 bits per heavy atom. The van der Waals surface area contributed by atoms with E-state index >= 15 is 0 Å². The number of para-hydroxylation sites is 1. The predicted molar refractivity (Wildman–Crippen MR) is 120 cm³/mol. The average Bonchev–Trinajstić information content (AvgIpc) is 3.23. The van der Waals surface area contributed by atoms with E-state index in [0.29, 0.717) is 21.2 Å². The van der Waals surface area contributed by atoms with Crippen molar-refractivity contribution < 1.29 is 19.5 Å². The van der Waals surface area contributed by atoms with Gasteiger partial charge in [0.25, 0.3) is 0 Å². The molecule has 32 heavy (non-hydrogen) atoms. The van der Waals surface area contributed by atoms with Crippen molar-refractivity contribution >= 4 is 46.5 Å². The van der Waals surface area contributed by atoms with Gasteiger partial charge in [0, 0.05) is 16.5 Å². The number of hydrogen-bond acceptors (Lipinski definition) is 7. The van der Waals surface area contributed by atoms with Crippen molar-refractivity contribution in [2.24, 2.45) is 5.92 Å². The van der Waals surface area contributed by atoms with Crippen LogP contribution < -0.4 is 15.5 Å². The topological polar surface area (TPSA) is 118 Å². The Morgan fingerprint density at radius 3 is 2.47 bits per heavy atom. The van der Waals surface area contributed by atoms with Crippen LogP contribution in [-0.2, 0) is 20.9 Å². The van der Waals surface area contributed by atoms with E-state index in [9.17, 15) is 24.3 Å². The number of hydrogen-bond donors (Lipinski definition) is 3. The summed E-state index contributed by atoms with van der Waals surface area (Å²) in [4.78, 5) is 50.9. The van der Waals surface area contributed by atoms with Gasteiger partial charge in [-0.1, -0.05) is 53.4 Å². The van der Waals surface area contributed by atoms with Gasteiger partial charge in [0.05, 0.1) is 10.9 Å². The number of phenolic OH excluding ortho intramolecular Hbond substituents is 1. The van der Waals surface area contributed by atoms with Gasteiger partial charge in [0.2, 0.25) is 17.7 Å². The van der Waals surface area contributed by atoms with E-state index < -0.39 is 23.0 Å². The Balaban J connectivity index is 1.54. The third-order valence-electron chi connectivity index (χ3n) is 5.50. The summed E-state index contributed by atoms with van der Waals surface area (Å²) >= 11 is 2.13. The molecule has 0 spiro atoms. The largest absolute Gasteiger partial charge is 0.508 e. The maximum Gasteiger partial charge on any atom is 0.308 e. The molecule has 2 aliphatic heterocycles. The summed E-state index contributed by atoms with van der Waals surface area (Å²) in [5.74, 6) is -2.28. The summed E-state index contributed by atoms with van der Waals surface area (Å²) in [5.41, 5.74) is 1.33. The van der Waals surface area contributed by atoms with Crippen molar-refractivity contribution in [3.05, 3.63) is 74.7 Å². The van der Waals surface area contributed by atoms with E-state index in [2.05, 4.69) is 10.6 Å². The van der Waals surface area contributed by atoms with E-state index in [1.165, 1.54) is 16.7 Å². The van der Waals surface area contributed by atoms with Crippen molar-refractivity contribution in [2.75, 3.05) is 5.32 Å². The lowest BCUT2D eigenvalue weighted by Crippen LogP contribution is -2.32. The summed E-state index contributed by atoms with van der Waals surface area (Å²) in [6.45, 7) is -0.207. The van der Waals surface area contributed by atoms with Gasteiger partial charge in [0.15, 0.2) is 0 Å². The quantitative estimate of drug-likeness (QED) is 0.506. The number of thioether (sulfide) groups is 1. The van der Waals surface area contributed by atoms with Crippen LogP contribution in [0.15, 0.2) is 64.4 Å². The zero-order chi connectivity index (χ0) is 22.4. The van der Waals surface area contributed by atoms with Crippen molar-refractivity contribution in [3.63, 3.8) is 0 Å². The number of nitrogens with zero attached hydrogens (tertiary/aromatic N) is 1. The molecule has 0 saturated carbocycles. The first-order valence-electron chi connectivity index (χ1n) is 9.81. The molecule has 3 aromatic rings. The maximum atomic E-state index is 12.9. The molecule has 3 unspecified atom stereocenters. The molecule has 5 rings (SSSR count). The SMILES string of the molecule is O=C(Cn1c2c(sc1=O)C(c1ccc(O)cc1)C1C(=O)NC(=O)C1S2)Nc1ccccc1. The highest BCUT2D eigenvalue weighted by molar-refractivity contribution is 8.00. The van der Waals surface area contributed by atoms with Crippen LogP contribution in [0.5, 0.6) is 5.75 Å². The Kier molecular flexibility index (Phi) is 5.10. The molecule has 8 nitrogen and oxygen atoms in total. The molecule has 162 valence electrons. The number of phenols is 1. The van der Waals surface area contributed by atoms with E-state index in [1.54, 1.807) is 36.4 Å². The number of benzene rings is 2. The van der Waals surface area contributed by atoms with Gasteiger partial charge in [-0.15, -0.1) is 0 Å². The predicted octanol–water partition coefficient (Wildman–Crippen LogP) is 2.13. The Bertz CT molecular complexity index is 1280. The number of nitrogens with one attached hydrogen (secondary N) is 2. The smallest absolute Gasteiger partial charge is 0.308 e. The van der Waals surface area contributed by atoms with Gasteiger partial charge in [-0.3, -0.25) is 29.1 Å². The van der Waals surface area contributed by atoms with Crippen LogP contribution in [0.2, 0.25) is 0 Å². The minimum atomic E-state index is -0.703. The maximum absolute atomic E-state index is 12.9. The zero-order valence-electron chi connectivity index (χ0n) is 16.5. The second kappa shape index (κ2) is 7.95. The van der Waals surface area contributed by atoms with Gasteiger partial charge in [-0.05, 0) is 29.8 Å². The van der Waals surface area contributed by atoms with E-state index in [4.69, 9.17) is 0 Å². The lowest BCUT2D eigenvalue weighted by atomic mass is 9.83. The first kappa shape index (κ1) is 20.5. The summed E-state index contributed by atoms with van der Waals surface area (Å²) in [7, 11) is 0. The standard InChI is InChI=1S/C22H17N3O5S2/c26-13-8-6-11(7-9-13)15-16-17(20(29)24-19(16)28)31-21-18(15)32-22(30)25(21)10-14(27)23-12-4-2-1-3-5-12/h1-9,15-17,26H,10H2,(H,23,27)(H,24,28,29). The molecule has 3 heterocycles. The average molecular weight is 468 g/mol. The number of aromatic hydroxyl groups is 1. The monoisotopic (exact) mass is 467 g/mol. The Hall–Kier alpha value is -3.37. The molecule has 2 aliphatic rings. The third-order valence-corrected chi connectivity index (χ3v) is 8.12. The second-order valence-electron chi connectivity index (χ2n) is 7.52. The number of thiazole rings is 1. The molecule has 0 bridgehead atoms. The minimum absolute atomic E-state index is 0.0750. The lowest BCUT2D eigenvalue weighted by Gasteiger charge is -2.30. The first-order chi connectivity index (χ1) is 15.4.